The molecule has 0 unspecified atom stereocenters. The van der Waals surface area contributed by atoms with Crippen molar-refractivity contribution in [2.45, 2.75) is 83.3 Å². The molecule has 1 N–H and O–H groups in total. The lowest BCUT2D eigenvalue weighted by Crippen LogP contribution is -2.59. The summed E-state index contributed by atoms with van der Waals surface area (Å²) < 4.78 is 23.3. The Balaban J connectivity index is 1.70. The van der Waals surface area contributed by atoms with Crippen LogP contribution in [0, 0.1) is 11.8 Å². The van der Waals surface area contributed by atoms with Crippen LogP contribution in [0.2, 0.25) is 0 Å². The molecule has 1 spiro atoms. The molecule has 0 aromatic carbocycles. The van der Waals surface area contributed by atoms with Gasteiger partial charge in [-0.2, -0.15) is 0 Å². The van der Waals surface area contributed by atoms with Crippen molar-refractivity contribution in [3.63, 3.8) is 0 Å². The molecular formula is C21H35NO5. The smallest absolute Gasteiger partial charge is 0.407 e. The predicted octanol–water partition coefficient (Wildman–Crippen LogP) is 3.45. The number of rotatable bonds is 7. The summed E-state index contributed by atoms with van der Waals surface area (Å²) in [6, 6.07) is -0.0976. The lowest BCUT2D eigenvalue weighted by Gasteiger charge is -2.43. The third-order valence-electron chi connectivity index (χ3n) is 6.14. The first-order chi connectivity index (χ1) is 12.7. The average Bonchev–Trinajstić information content (AvgIpc) is 3.50. The molecule has 154 valence electrons. The first-order valence-corrected chi connectivity index (χ1v) is 10.1. The highest BCUT2D eigenvalue weighted by molar-refractivity contribution is 5.67. The molecule has 6 nitrogen and oxygen atoms in total. The van der Waals surface area contributed by atoms with E-state index in [0.717, 1.165) is 25.9 Å². The van der Waals surface area contributed by atoms with E-state index in [9.17, 15) is 4.79 Å². The van der Waals surface area contributed by atoms with Crippen LogP contribution in [0.1, 0.15) is 53.9 Å². The van der Waals surface area contributed by atoms with E-state index in [4.69, 9.17) is 18.9 Å². The zero-order valence-electron chi connectivity index (χ0n) is 17.5. The SMILES string of the molecule is CO[C@@H]1[C@H](NC(=O)OCC(C)C)CC[C@]2(CO2)[C@H]1[C@@]1(C)O[C@@H]1CC=C(C)C. The number of amides is 1. The van der Waals surface area contributed by atoms with E-state index in [2.05, 4.69) is 32.2 Å². The first-order valence-electron chi connectivity index (χ1n) is 10.1. The first kappa shape index (κ1) is 20.6. The molecule has 0 aromatic heterocycles. The van der Waals surface area contributed by atoms with Crippen molar-refractivity contribution >= 4 is 6.09 Å². The number of hydrogen-bond acceptors (Lipinski definition) is 5. The highest BCUT2D eigenvalue weighted by Gasteiger charge is 2.71. The average molecular weight is 382 g/mol. The molecule has 2 heterocycles. The maximum absolute atomic E-state index is 12.2. The maximum atomic E-state index is 12.2. The number of alkyl carbamates (subject to hydrolysis) is 1. The summed E-state index contributed by atoms with van der Waals surface area (Å²) >= 11 is 0. The quantitative estimate of drug-likeness (QED) is 0.540. The maximum Gasteiger partial charge on any atom is 0.407 e. The molecule has 1 amide bonds. The van der Waals surface area contributed by atoms with Crippen molar-refractivity contribution in [3.05, 3.63) is 11.6 Å². The number of methoxy groups -OCH3 is 1. The van der Waals surface area contributed by atoms with Crippen LogP contribution in [0.3, 0.4) is 0 Å². The zero-order valence-corrected chi connectivity index (χ0v) is 17.5. The van der Waals surface area contributed by atoms with Crippen molar-refractivity contribution in [2.24, 2.45) is 11.8 Å². The summed E-state index contributed by atoms with van der Waals surface area (Å²) in [5.74, 6) is 0.403. The van der Waals surface area contributed by atoms with Crippen LogP contribution in [0.4, 0.5) is 4.79 Å². The number of hydrogen-bond donors (Lipinski definition) is 1. The third kappa shape index (κ3) is 4.33. The number of ether oxygens (including phenoxy) is 4. The van der Waals surface area contributed by atoms with Gasteiger partial charge in [-0.25, -0.2) is 4.79 Å². The summed E-state index contributed by atoms with van der Waals surface area (Å²) in [6.07, 6.45) is 4.49. The molecule has 27 heavy (non-hydrogen) atoms. The van der Waals surface area contributed by atoms with E-state index >= 15 is 0 Å². The van der Waals surface area contributed by atoms with E-state index in [-0.39, 0.29) is 41.5 Å². The molecule has 1 saturated carbocycles. The molecule has 6 heteroatoms. The van der Waals surface area contributed by atoms with Crippen LogP contribution in [-0.4, -0.2) is 55.9 Å². The third-order valence-corrected chi connectivity index (χ3v) is 6.14. The van der Waals surface area contributed by atoms with Crippen LogP contribution < -0.4 is 5.32 Å². The summed E-state index contributed by atoms with van der Waals surface area (Å²) in [6.45, 7) is 11.6. The Morgan fingerprint density at radius 3 is 2.63 bits per heavy atom. The molecule has 0 aromatic rings. The standard InChI is InChI=1S/C21H35NO5/c1-13(2)7-8-16-20(5,27-16)18-17(24-6)15(9-10-21(18)12-26-21)22-19(23)25-11-14(3)4/h7,14-18H,8-12H2,1-6H3,(H,22,23)/t15-,16-,17-,18-,20+,21+/m1/s1. The fourth-order valence-corrected chi connectivity index (χ4v) is 4.58. The minimum Gasteiger partial charge on any atom is -0.449 e. The minimum absolute atomic E-state index is 0.0923. The number of allylic oxidation sites excluding steroid dienone is 1. The minimum atomic E-state index is -0.370. The largest absolute Gasteiger partial charge is 0.449 e. The van der Waals surface area contributed by atoms with Gasteiger partial charge in [-0.15, -0.1) is 0 Å². The number of nitrogens with one attached hydrogen (secondary N) is 1. The molecule has 3 fully saturated rings. The Morgan fingerprint density at radius 2 is 2.07 bits per heavy atom. The predicted molar refractivity (Wildman–Crippen MR) is 103 cm³/mol. The summed E-state index contributed by atoms with van der Waals surface area (Å²) in [4.78, 5) is 12.2. The lowest BCUT2D eigenvalue weighted by atomic mass is 9.67. The highest BCUT2D eigenvalue weighted by atomic mass is 16.6. The normalized spacial score (nSPS) is 40.0. The molecule has 6 atom stereocenters. The van der Waals surface area contributed by atoms with Crippen molar-refractivity contribution in [1.29, 1.82) is 0 Å². The van der Waals surface area contributed by atoms with Gasteiger partial charge >= 0.3 is 6.09 Å². The molecule has 2 aliphatic heterocycles. The van der Waals surface area contributed by atoms with Gasteiger partial charge in [0.2, 0.25) is 0 Å². The Kier molecular flexibility index (Phi) is 5.90. The molecular weight excluding hydrogens is 346 g/mol. The zero-order chi connectivity index (χ0) is 19.8. The number of carbonyl (C=O) groups excluding carboxylic acids is 1. The monoisotopic (exact) mass is 381 g/mol. The van der Waals surface area contributed by atoms with E-state index in [1.165, 1.54) is 5.57 Å². The topological polar surface area (TPSA) is 72.6 Å². The van der Waals surface area contributed by atoms with E-state index in [1.54, 1.807) is 7.11 Å². The Labute approximate surface area is 162 Å². The van der Waals surface area contributed by atoms with Crippen molar-refractivity contribution in [3.8, 4) is 0 Å². The highest BCUT2D eigenvalue weighted by Crippen LogP contribution is 2.59. The van der Waals surface area contributed by atoms with Crippen LogP contribution in [-0.2, 0) is 18.9 Å². The summed E-state index contributed by atoms with van der Waals surface area (Å²) in [7, 11) is 1.71. The van der Waals surface area contributed by atoms with Gasteiger partial charge in [-0.3, -0.25) is 0 Å². The Hall–Kier alpha value is -1.11. The molecule has 0 bridgehead atoms. The van der Waals surface area contributed by atoms with Crippen molar-refractivity contribution in [1.82, 2.24) is 5.32 Å². The molecule has 3 aliphatic rings. The van der Waals surface area contributed by atoms with Crippen molar-refractivity contribution in [2.75, 3.05) is 20.3 Å². The molecule has 2 saturated heterocycles. The second-order valence-corrected chi connectivity index (χ2v) is 9.12. The number of epoxide rings is 2. The van der Waals surface area contributed by atoms with Crippen molar-refractivity contribution < 1.29 is 23.7 Å². The number of carbonyl (C=O) groups is 1. The second kappa shape index (κ2) is 7.72. The Bertz CT molecular complexity index is 581. The van der Waals surface area contributed by atoms with E-state index in [0.29, 0.717) is 12.5 Å². The molecule has 0 radical (unpaired) electrons. The van der Waals surface area contributed by atoms with Gasteiger partial charge in [0.25, 0.3) is 0 Å². The van der Waals surface area contributed by atoms with Gasteiger partial charge in [0.1, 0.15) is 5.60 Å². The fraction of sp³-hybridized carbons (Fsp3) is 0.857. The van der Waals surface area contributed by atoms with Crippen LogP contribution >= 0.6 is 0 Å². The van der Waals surface area contributed by atoms with Crippen LogP contribution in [0.25, 0.3) is 0 Å². The Morgan fingerprint density at radius 1 is 1.37 bits per heavy atom. The van der Waals surface area contributed by atoms with E-state index in [1.807, 2.05) is 13.8 Å². The van der Waals surface area contributed by atoms with Gasteiger partial charge in [-0.1, -0.05) is 25.5 Å². The van der Waals surface area contributed by atoms with Crippen LogP contribution in [0.15, 0.2) is 11.6 Å². The fourth-order valence-electron chi connectivity index (χ4n) is 4.58. The van der Waals surface area contributed by atoms with Gasteiger partial charge in [-0.05, 0) is 46.0 Å². The van der Waals surface area contributed by atoms with Crippen LogP contribution in [0.5, 0.6) is 0 Å². The van der Waals surface area contributed by atoms with Gasteiger partial charge in [0.05, 0.1) is 37.1 Å². The van der Waals surface area contributed by atoms with Gasteiger partial charge < -0.3 is 24.3 Å². The lowest BCUT2D eigenvalue weighted by molar-refractivity contribution is -0.0671. The second-order valence-electron chi connectivity index (χ2n) is 9.12. The molecule has 3 rings (SSSR count). The van der Waals surface area contributed by atoms with Gasteiger partial charge in [0.15, 0.2) is 0 Å². The van der Waals surface area contributed by atoms with E-state index < -0.39 is 0 Å². The summed E-state index contributed by atoms with van der Waals surface area (Å²) in [5, 5.41) is 3.03. The molecule has 1 aliphatic carbocycles. The summed E-state index contributed by atoms with van der Waals surface area (Å²) in [5.41, 5.74) is 0.838. The van der Waals surface area contributed by atoms with Gasteiger partial charge in [0, 0.05) is 13.0 Å².